The van der Waals surface area contributed by atoms with Gasteiger partial charge in [-0.15, -0.1) is 10.1 Å². The molecule has 1 aliphatic carbocycles. The summed E-state index contributed by atoms with van der Waals surface area (Å²) in [6.07, 6.45) is 5.46. The Labute approximate surface area is 248 Å². The molecule has 43 heavy (non-hydrogen) atoms. The lowest BCUT2D eigenvalue weighted by Gasteiger charge is -2.20. The molecule has 0 radical (unpaired) electrons. The Morgan fingerprint density at radius 2 is 1.93 bits per heavy atom. The number of allylic oxidation sites excluding steroid dienone is 2. The van der Waals surface area contributed by atoms with E-state index >= 15 is 0 Å². The molecule has 0 aromatic heterocycles. The van der Waals surface area contributed by atoms with E-state index in [0.717, 1.165) is 6.08 Å². The van der Waals surface area contributed by atoms with E-state index in [1.165, 1.54) is 6.08 Å². The predicted molar refractivity (Wildman–Crippen MR) is 150 cm³/mol. The lowest BCUT2D eigenvalue weighted by Crippen LogP contribution is -2.38. The van der Waals surface area contributed by atoms with Crippen molar-refractivity contribution in [2.45, 2.75) is 63.2 Å². The zero-order valence-electron chi connectivity index (χ0n) is 24.0. The molecule has 1 aromatic rings. The maximum atomic E-state index is 14.4. The Morgan fingerprint density at radius 1 is 1.19 bits per heavy atom. The van der Waals surface area contributed by atoms with Gasteiger partial charge in [-0.1, -0.05) is 36.4 Å². The van der Waals surface area contributed by atoms with E-state index in [4.69, 9.17) is 14.2 Å². The molecule has 0 bridgehead atoms. The van der Waals surface area contributed by atoms with E-state index < -0.39 is 59.6 Å². The quantitative estimate of drug-likeness (QED) is 0.0653. The zero-order valence-corrected chi connectivity index (χ0v) is 24.0. The number of aliphatic hydroxyl groups is 2. The van der Waals surface area contributed by atoms with E-state index in [-0.39, 0.29) is 39.3 Å². The number of hydrogen-bond acceptors (Lipinski definition) is 10. The third-order valence-electron chi connectivity index (χ3n) is 6.54. The number of carbonyl (C=O) groups is 2. The van der Waals surface area contributed by atoms with Gasteiger partial charge in [-0.05, 0) is 50.3 Å². The maximum absolute atomic E-state index is 14.4. The Morgan fingerprint density at radius 3 is 2.65 bits per heavy atom. The van der Waals surface area contributed by atoms with E-state index in [2.05, 4.69) is 10.2 Å². The monoisotopic (exact) mass is 614 g/mol. The second kappa shape index (κ2) is 18.8. The van der Waals surface area contributed by atoms with Gasteiger partial charge < -0.3 is 34.6 Å². The first-order chi connectivity index (χ1) is 20.5. The molecule has 1 amide bonds. The Kier molecular flexibility index (Phi) is 15.6. The molecule has 2 rings (SSSR count). The van der Waals surface area contributed by atoms with Crippen molar-refractivity contribution >= 4 is 11.9 Å². The summed E-state index contributed by atoms with van der Waals surface area (Å²) in [7, 11) is 0. The van der Waals surface area contributed by atoms with Crippen molar-refractivity contribution in [3.8, 4) is 5.75 Å². The second-order valence-electron chi connectivity index (χ2n) is 10.2. The minimum absolute atomic E-state index is 0.0426. The molecule has 0 heterocycles. The molecule has 0 spiro atoms. The summed E-state index contributed by atoms with van der Waals surface area (Å²) >= 11 is 0. The van der Waals surface area contributed by atoms with E-state index in [1.54, 1.807) is 43.3 Å². The van der Waals surface area contributed by atoms with Gasteiger partial charge in [0, 0.05) is 18.8 Å². The smallest absolute Gasteiger partial charge is 0.305 e. The van der Waals surface area contributed by atoms with E-state index in [9.17, 15) is 38.7 Å². The molecule has 3 N–H and O–H groups in total. The van der Waals surface area contributed by atoms with E-state index in [1.807, 2.05) is 6.08 Å². The Bertz CT molecular complexity index is 1060. The van der Waals surface area contributed by atoms with Gasteiger partial charge in [-0.2, -0.15) is 8.78 Å². The first-order valence-corrected chi connectivity index (χ1v) is 14.0. The number of aliphatic hydroxyl groups excluding tert-OH is 2. The number of hydrogen-bond donors (Lipinski definition) is 3. The molecular formula is C29H40F2N2O10. The van der Waals surface area contributed by atoms with Crippen molar-refractivity contribution in [1.82, 2.24) is 5.32 Å². The normalized spacial score (nSPS) is 21.1. The molecule has 240 valence electrons. The summed E-state index contributed by atoms with van der Waals surface area (Å²) in [6, 6.07) is 7.80. The van der Waals surface area contributed by atoms with Gasteiger partial charge in [0.2, 0.25) is 5.91 Å². The molecular weight excluding hydrogens is 574 g/mol. The number of rotatable bonds is 20. The van der Waals surface area contributed by atoms with Gasteiger partial charge in [-0.3, -0.25) is 9.59 Å². The van der Waals surface area contributed by atoms with Gasteiger partial charge >= 0.3 is 5.97 Å². The number of ether oxygens (including phenoxy) is 3. The standard InChI is InChI=1S/C29H40F2N2O10/c1-21(32-27(36)19-40-15-16-43-33(38)39)18-41-28(37)12-8-3-2-7-11-23-24(26(35)17-25(23)34)13-14-29(30,31)20-42-22-9-5-4-6-10-22/h2,4-7,9-10,13-14,21,23-26,34-35H,3,8,11-12,15-20H2,1H3,(H,32,36)/t21-,23+,24+,25-,26+/m0/s1. The highest BCUT2D eigenvalue weighted by Crippen LogP contribution is 2.37. The lowest BCUT2D eigenvalue weighted by atomic mass is 9.89. The van der Waals surface area contributed by atoms with Crippen LogP contribution in [0.5, 0.6) is 5.75 Å². The van der Waals surface area contributed by atoms with Gasteiger partial charge in [0.15, 0.2) is 6.61 Å². The van der Waals surface area contributed by atoms with Crippen LogP contribution in [0.25, 0.3) is 0 Å². The molecule has 1 aliphatic rings. The van der Waals surface area contributed by atoms with Crippen LogP contribution >= 0.6 is 0 Å². The highest BCUT2D eigenvalue weighted by molar-refractivity contribution is 5.77. The first-order valence-electron chi connectivity index (χ1n) is 14.0. The number of halogens is 2. The Balaban J connectivity index is 1.64. The number of carbonyl (C=O) groups excluding carboxylic acids is 2. The van der Waals surface area contributed by atoms with Crippen molar-refractivity contribution in [2.24, 2.45) is 11.8 Å². The third-order valence-corrected chi connectivity index (χ3v) is 6.54. The van der Waals surface area contributed by atoms with Crippen LogP contribution in [-0.4, -0.2) is 84.4 Å². The number of alkyl halides is 2. The topological polar surface area (TPSA) is 167 Å². The summed E-state index contributed by atoms with van der Waals surface area (Å²) in [5.41, 5.74) is 0. The van der Waals surface area contributed by atoms with Crippen LogP contribution in [-0.2, 0) is 23.9 Å². The number of unbranched alkanes of at least 4 members (excludes halogenated alkanes) is 1. The number of nitrogens with one attached hydrogen (secondary N) is 1. The average Bonchev–Trinajstić information content (AvgIpc) is 3.23. The molecule has 14 heteroatoms. The molecule has 0 saturated heterocycles. The minimum Gasteiger partial charge on any atom is -0.487 e. The fourth-order valence-electron chi connectivity index (χ4n) is 4.42. The van der Waals surface area contributed by atoms with Crippen molar-refractivity contribution in [2.75, 3.05) is 33.0 Å². The van der Waals surface area contributed by atoms with Gasteiger partial charge in [-0.25, -0.2) is 0 Å². The summed E-state index contributed by atoms with van der Waals surface area (Å²) in [6.45, 7) is 0.00613. The molecule has 12 nitrogen and oxygen atoms in total. The Hall–Kier alpha value is -3.62. The van der Waals surface area contributed by atoms with Gasteiger partial charge in [0.25, 0.3) is 11.0 Å². The van der Waals surface area contributed by atoms with Crippen LogP contribution in [0.3, 0.4) is 0 Å². The van der Waals surface area contributed by atoms with Crippen LogP contribution in [0.2, 0.25) is 0 Å². The van der Waals surface area contributed by atoms with Gasteiger partial charge in [0.1, 0.15) is 25.6 Å². The molecule has 1 saturated carbocycles. The third kappa shape index (κ3) is 14.9. The molecule has 5 atom stereocenters. The highest BCUT2D eigenvalue weighted by Gasteiger charge is 2.40. The average molecular weight is 615 g/mol. The highest BCUT2D eigenvalue weighted by atomic mass is 19.3. The maximum Gasteiger partial charge on any atom is 0.305 e. The summed E-state index contributed by atoms with van der Waals surface area (Å²) in [5.74, 6) is -4.93. The van der Waals surface area contributed by atoms with Crippen LogP contribution in [0.15, 0.2) is 54.6 Å². The first kappa shape index (κ1) is 35.6. The van der Waals surface area contributed by atoms with Crippen molar-refractivity contribution in [3.05, 3.63) is 64.8 Å². The molecule has 0 unspecified atom stereocenters. The van der Waals surface area contributed by atoms with Crippen LogP contribution in [0, 0.1) is 22.0 Å². The van der Waals surface area contributed by atoms with Crippen LogP contribution in [0.4, 0.5) is 8.78 Å². The summed E-state index contributed by atoms with van der Waals surface area (Å²) in [5, 5.41) is 32.3. The van der Waals surface area contributed by atoms with Crippen LogP contribution < -0.4 is 10.1 Å². The largest absolute Gasteiger partial charge is 0.487 e. The number of para-hydroxylation sites is 1. The fourth-order valence-corrected chi connectivity index (χ4v) is 4.42. The number of benzene rings is 1. The van der Waals surface area contributed by atoms with E-state index in [0.29, 0.717) is 25.0 Å². The zero-order chi connectivity index (χ0) is 31.7. The fraction of sp³-hybridized carbons (Fsp3) is 0.586. The molecule has 1 aromatic carbocycles. The number of nitrogens with zero attached hydrogens (tertiary/aromatic N) is 1. The van der Waals surface area contributed by atoms with Crippen molar-refractivity contribution in [1.29, 1.82) is 0 Å². The molecule has 0 aliphatic heterocycles. The predicted octanol–water partition coefficient (Wildman–Crippen LogP) is 3.00. The van der Waals surface area contributed by atoms with Crippen LogP contribution in [0.1, 0.15) is 39.0 Å². The van der Waals surface area contributed by atoms with Crippen molar-refractivity contribution in [3.63, 3.8) is 0 Å². The molecule has 1 fully saturated rings. The second-order valence-corrected chi connectivity index (χ2v) is 10.2. The summed E-state index contributed by atoms with van der Waals surface area (Å²) in [4.78, 5) is 37.8. The minimum atomic E-state index is -3.26. The number of esters is 1. The lowest BCUT2D eigenvalue weighted by molar-refractivity contribution is -0.758. The SMILES string of the molecule is C[C@@H](COC(=O)CCCC=CC[C@@H]1[C@@H](C=CC(F)(F)COc2ccccc2)[C@H](O)C[C@@H]1O)NC(=O)COCCO[N+](=O)[O-]. The van der Waals surface area contributed by atoms with Gasteiger partial charge in [0.05, 0.1) is 24.9 Å². The summed E-state index contributed by atoms with van der Waals surface area (Å²) < 4.78 is 44.0. The van der Waals surface area contributed by atoms with Crippen molar-refractivity contribution < 1.29 is 52.7 Å². The number of amides is 1.